The maximum atomic E-state index is 13.8. The molecule has 0 fully saturated rings. The zero-order chi connectivity index (χ0) is 19.9. The number of hydrogen-bond donors (Lipinski definition) is 2. The van der Waals surface area contributed by atoms with Crippen molar-refractivity contribution in [1.29, 1.82) is 0 Å². The van der Waals surface area contributed by atoms with Crippen molar-refractivity contribution in [3.8, 4) is 0 Å². The second kappa shape index (κ2) is 9.66. The van der Waals surface area contributed by atoms with E-state index in [-0.39, 0.29) is 30.4 Å². The number of carbonyl (C=O) groups excluding carboxylic acids is 2. The Morgan fingerprint density at radius 2 is 1.96 bits per heavy atom. The Morgan fingerprint density at radius 3 is 2.54 bits per heavy atom. The number of hydrogen-bond acceptors (Lipinski definition) is 2. The SMILES string of the molecule is CCC(F)(F)CC(CNC(C)=O)N(C)C(=O)NCc1cccc(F)c1Cl. The van der Waals surface area contributed by atoms with Gasteiger partial charge in [-0.05, 0) is 11.6 Å². The van der Waals surface area contributed by atoms with Crippen LogP contribution in [0.1, 0.15) is 32.3 Å². The number of carbonyl (C=O) groups is 2. The Labute approximate surface area is 155 Å². The highest BCUT2D eigenvalue weighted by atomic mass is 35.5. The highest BCUT2D eigenvalue weighted by Crippen LogP contribution is 2.26. The Hall–Kier alpha value is -1.96. The fourth-order valence-corrected chi connectivity index (χ4v) is 2.44. The van der Waals surface area contributed by atoms with E-state index >= 15 is 0 Å². The molecule has 0 radical (unpaired) electrons. The fourth-order valence-electron chi connectivity index (χ4n) is 2.24. The van der Waals surface area contributed by atoms with E-state index < -0.39 is 30.2 Å². The Morgan fingerprint density at radius 1 is 1.31 bits per heavy atom. The van der Waals surface area contributed by atoms with Crippen LogP contribution in [0.4, 0.5) is 18.0 Å². The summed E-state index contributed by atoms with van der Waals surface area (Å²) < 4.78 is 41.0. The minimum absolute atomic E-state index is 0.0587. The van der Waals surface area contributed by atoms with Gasteiger partial charge in [0, 0.05) is 39.9 Å². The van der Waals surface area contributed by atoms with Crippen molar-refractivity contribution < 1.29 is 22.8 Å². The molecule has 1 aromatic carbocycles. The molecule has 0 aliphatic heterocycles. The third-order valence-electron chi connectivity index (χ3n) is 3.97. The topological polar surface area (TPSA) is 61.4 Å². The van der Waals surface area contributed by atoms with Crippen molar-refractivity contribution >= 4 is 23.5 Å². The number of benzene rings is 1. The van der Waals surface area contributed by atoms with Gasteiger partial charge in [-0.3, -0.25) is 4.79 Å². The van der Waals surface area contributed by atoms with Crippen LogP contribution in [0.15, 0.2) is 18.2 Å². The van der Waals surface area contributed by atoms with E-state index in [1.54, 1.807) is 6.07 Å². The minimum atomic E-state index is -2.97. The molecule has 1 atom stereocenters. The van der Waals surface area contributed by atoms with E-state index in [9.17, 15) is 22.8 Å². The van der Waals surface area contributed by atoms with Crippen LogP contribution in [0.3, 0.4) is 0 Å². The number of halogens is 4. The van der Waals surface area contributed by atoms with Crippen LogP contribution < -0.4 is 10.6 Å². The third-order valence-corrected chi connectivity index (χ3v) is 4.39. The van der Waals surface area contributed by atoms with Crippen molar-refractivity contribution in [3.63, 3.8) is 0 Å². The molecule has 0 saturated heterocycles. The first-order valence-corrected chi connectivity index (χ1v) is 8.51. The molecule has 1 aromatic rings. The van der Waals surface area contributed by atoms with E-state index in [0.29, 0.717) is 5.56 Å². The molecule has 0 heterocycles. The maximum Gasteiger partial charge on any atom is 0.317 e. The van der Waals surface area contributed by atoms with E-state index in [4.69, 9.17) is 11.6 Å². The Balaban J connectivity index is 2.78. The Kier molecular flexibility index (Phi) is 8.20. The molecule has 0 aliphatic rings. The molecule has 1 unspecified atom stereocenters. The van der Waals surface area contributed by atoms with Crippen molar-refractivity contribution in [2.24, 2.45) is 0 Å². The van der Waals surface area contributed by atoms with Crippen LogP contribution in [-0.2, 0) is 11.3 Å². The van der Waals surface area contributed by atoms with Gasteiger partial charge in [0.15, 0.2) is 0 Å². The lowest BCUT2D eigenvalue weighted by molar-refractivity contribution is -0.119. The summed E-state index contributed by atoms with van der Waals surface area (Å²) in [5, 5.41) is 4.86. The first kappa shape index (κ1) is 22.1. The highest BCUT2D eigenvalue weighted by Gasteiger charge is 2.34. The quantitative estimate of drug-likeness (QED) is 0.709. The summed E-state index contributed by atoms with van der Waals surface area (Å²) in [6.45, 7) is 2.45. The van der Waals surface area contributed by atoms with Gasteiger partial charge in [-0.2, -0.15) is 0 Å². The molecule has 3 amide bonds. The predicted molar refractivity (Wildman–Crippen MR) is 93.7 cm³/mol. The Bertz CT molecular complexity index is 644. The molecule has 146 valence electrons. The number of alkyl halides is 2. The van der Waals surface area contributed by atoms with Crippen LogP contribution in [0, 0.1) is 5.82 Å². The zero-order valence-electron chi connectivity index (χ0n) is 14.9. The van der Waals surface area contributed by atoms with Gasteiger partial charge in [0.1, 0.15) is 5.82 Å². The molecule has 2 N–H and O–H groups in total. The van der Waals surface area contributed by atoms with Gasteiger partial charge in [0.2, 0.25) is 11.8 Å². The lowest BCUT2D eigenvalue weighted by Crippen LogP contribution is -2.50. The fraction of sp³-hybridized carbons (Fsp3) is 0.529. The summed E-state index contributed by atoms with van der Waals surface area (Å²) in [6.07, 6.45) is -0.966. The largest absolute Gasteiger partial charge is 0.354 e. The summed E-state index contributed by atoms with van der Waals surface area (Å²) in [4.78, 5) is 24.5. The lowest BCUT2D eigenvalue weighted by Gasteiger charge is -2.31. The van der Waals surface area contributed by atoms with Gasteiger partial charge < -0.3 is 15.5 Å². The van der Waals surface area contributed by atoms with E-state index in [1.807, 2.05) is 0 Å². The summed E-state index contributed by atoms with van der Waals surface area (Å²) in [6, 6.07) is 2.65. The molecular weight excluding hydrogens is 371 g/mol. The molecule has 26 heavy (non-hydrogen) atoms. The molecule has 5 nitrogen and oxygen atoms in total. The van der Waals surface area contributed by atoms with Gasteiger partial charge in [-0.1, -0.05) is 30.7 Å². The second-order valence-electron chi connectivity index (χ2n) is 5.99. The van der Waals surface area contributed by atoms with Crippen molar-refractivity contribution in [2.75, 3.05) is 13.6 Å². The maximum absolute atomic E-state index is 13.8. The number of amides is 3. The predicted octanol–water partition coefficient (Wildman–Crippen LogP) is 3.56. The first-order chi connectivity index (χ1) is 12.1. The van der Waals surface area contributed by atoms with Gasteiger partial charge in [-0.15, -0.1) is 0 Å². The molecule has 0 saturated carbocycles. The van der Waals surface area contributed by atoms with Crippen LogP contribution in [-0.4, -0.2) is 42.4 Å². The number of urea groups is 1. The summed E-state index contributed by atoms with van der Waals surface area (Å²) >= 11 is 5.82. The molecule has 1 rings (SSSR count). The average molecular weight is 394 g/mol. The van der Waals surface area contributed by atoms with Crippen molar-refractivity contribution in [3.05, 3.63) is 34.6 Å². The molecule has 0 bridgehead atoms. The van der Waals surface area contributed by atoms with Crippen LogP contribution in [0.5, 0.6) is 0 Å². The summed E-state index contributed by atoms with van der Waals surface area (Å²) in [5.74, 6) is -3.96. The normalized spacial score (nSPS) is 12.4. The second-order valence-corrected chi connectivity index (χ2v) is 6.37. The van der Waals surface area contributed by atoms with Crippen molar-refractivity contribution in [2.45, 2.75) is 45.2 Å². The monoisotopic (exact) mass is 393 g/mol. The first-order valence-electron chi connectivity index (χ1n) is 8.13. The molecule has 0 spiro atoms. The van der Waals surface area contributed by atoms with E-state index in [1.165, 1.54) is 33.0 Å². The highest BCUT2D eigenvalue weighted by molar-refractivity contribution is 6.31. The summed E-state index contributed by atoms with van der Waals surface area (Å²) in [7, 11) is 1.36. The lowest BCUT2D eigenvalue weighted by atomic mass is 10.1. The number of likely N-dealkylation sites (N-methyl/N-ethyl adjacent to an activating group) is 1. The van der Waals surface area contributed by atoms with Crippen molar-refractivity contribution in [1.82, 2.24) is 15.5 Å². The van der Waals surface area contributed by atoms with Crippen LogP contribution >= 0.6 is 11.6 Å². The van der Waals surface area contributed by atoms with Crippen LogP contribution in [0.2, 0.25) is 5.02 Å². The van der Waals surface area contributed by atoms with Gasteiger partial charge >= 0.3 is 6.03 Å². The van der Waals surface area contributed by atoms with Gasteiger partial charge in [-0.25, -0.2) is 18.0 Å². The number of rotatable bonds is 8. The molecular formula is C17H23ClF3N3O2. The number of nitrogens with one attached hydrogen (secondary N) is 2. The standard InChI is InChI=1S/C17H23ClF3N3O2/c1-4-17(20,21)8-13(10-22-11(2)25)24(3)16(26)23-9-12-6-5-7-14(19)15(12)18/h5-7,13H,4,8-10H2,1-3H3,(H,22,25)(H,23,26). The molecule has 0 aromatic heterocycles. The summed E-state index contributed by atoms with van der Waals surface area (Å²) in [5.41, 5.74) is 0.366. The zero-order valence-corrected chi connectivity index (χ0v) is 15.7. The average Bonchev–Trinajstić information content (AvgIpc) is 2.58. The number of nitrogens with zero attached hydrogens (tertiary/aromatic N) is 1. The molecule has 9 heteroatoms. The van der Waals surface area contributed by atoms with Gasteiger partial charge in [0.25, 0.3) is 0 Å². The smallest absolute Gasteiger partial charge is 0.317 e. The van der Waals surface area contributed by atoms with Crippen LogP contribution in [0.25, 0.3) is 0 Å². The van der Waals surface area contributed by atoms with E-state index in [2.05, 4.69) is 10.6 Å². The van der Waals surface area contributed by atoms with Gasteiger partial charge in [0.05, 0.1) is 11.1 Å². The molecule has 0 aliphatic carbocycles. The minimum Gasteiger partial charge on any atom is -0.354 e. The third kappa shape index (κ3) is 6.74. The van der Waals surface area contributed by atoms with E-state index in [0.717, 1.165) is 4.90 Å².